The topological polar surface area (TPSA) is 75.1 Å². The van der Waals surface area contributed by atoms with Crippen LogP contribution in [0.4, 0.5) is 0 Å². The highest BCUT2D eigenvalue weighted by Gasteiger charge is 2.04. The second-order valence-electron chi connectivity index (χ2n) is 5.93. The first-order chi connectivity index (χ1) is 11.6. The van der Waals surface area contributed by atoms with Crippen LogP contribution in [0.5, 0.6) is 0 Å². The first kappa shape index (κ1) is 16.1. The fraction of sp³-hybridized carbons (Fsp3) is 0.263. The quantitative estimate of drug-likeness (QED) is 0.732. The van der Waals surface area contributed by atoms with E-state index in [0.717, 1.165) is 12.0 Å². The highest BCUT2D eigenvalue weighted by Crippen LogP contribution is 2.12. The highest BCUT2D eigenvalue weighted by atomic mass is 16.4. The number of hydrogen-bond donors (Lipinski definition) is 2. The number of aryl methyl sites for hydroxylation is 2. The number of oxazole rings is 1. The average molecular weight is 324 g/mol. The molecule has 1 aromatic heterocycles. The van der Waals surface area contributed by atoms with Crippen molar-refractivity contribution in [2.75, 3.05) is 6.54 Å². The summed E-state index contributed by atoms with van der Waals surface area (Å²) in [7, 11) is 0. The molecule has 5 nitrogen and oxygen atoms in total. The Morgan fingerprint density at radius 3 is 2.62 bits per heavy atom. The van der Waals surface area contributed by atoms with Crippen molar-refractivity contribution in [3.63, 3.8) is 0 Å². The molecule has 0 aliphatic rings. The van der Waals surface area contributed by atoms with Crippen LogP contribution in [-0.4, -0.2) is 17.4 Å². The van der Waals surface area contributed by atoms with E-state index in [1.165, 1.54) is 11.1 Å². The Morgan fingerprint density at radius 2 is 1.83 bits per heavy atom. The molecule has 0 saturated heterocycles. The maximum Gasteiger partial charge on any atom is 0.417 e. The summed E-state index contributed by atoms with van der Waals surface area (Å²) in [6.07, 6.45) is 1.94. The Kier molecular flexibility index (Phi) is 4.79. The van der Waals surface area contributed by atoms with Crippen molar-refractivity contribution in [1.29, 1.82) is 0 Å². The largest absolute Gasteiger partial charge is 0.417 e. The molecule has 1 heterocycles. The fourth-order valence-corrected chi connectivity index (χ4v) is 2.60. The van der Waals surface area contributed by atoms with Gasteiger partial charge in [0.25, 0.3) is 0 Å². The van der Waals surface area contributed by atoms with Crippen molar-refractivity contribution < 1.29 is 9.21 Å². The van der Waals surface area contributed by atoms with E-state index >= 15 is 0 Å². The van der Waals surface area contributed by atoms with E-state index in [1.54, 1.807) is 6.07 Å². The van der Waals surface area contributed by atoms with E-state index in [0.29, 0.717) is 30.5 Å². The second kappa shape index (κ2) is 7.17. The molecule has 0 atom stereocenters. The minimum absolute atomic E-state index is 0.0494. The van der Waals surface area contributed by atoms with Gasteiger partial charge >= 0.3 is 5.76 Å². The normalized spacial score (nSPS) is 10.9. The van der Waals surface area contributed by atoms with Crippen LogP contribution in [0.3, 0.4) is 0 Å². The van der Waals surface area contributed by atoms with Crippen molar-refractivity contribution in [3.8, 4) is 0 Å². The lowest BCUT2D eigenvalue weighted by atomic mass is 10.1. The lowest BCUT2D eigenvalue weighted by Crippen LogP contribution is -2.25. The zero-order chi connectivity index (χ0) is 16.9. The van der Waals surface area contributed by atoms with E-state index < -0.39 is 5.76 Å². The summed E-state index contributed by atoms with van der Waals surface area (Å²) >= 11 is 0. The van der Waals surface area contributed by atoms with Gasteiger partial charge in [-0.05, 0) is 43.0 Å². The lowest BCUT2D eigenvalue weighted by molar-refractivity contribution is -0.121. The molecular weight excluding hydrogens is 304 g/mol. The molecule has 2 N–H and O–H groups in total. The predicted octanol–water partition coefficient (Wildman–Crippen LogP) is 2.72. The van der Waals surface area contributed by atoms with Gasteiger partial charge < -0.3 is 9.73 Å². The molecule has 2 aromatic carbocycles. The van der Waals surface area contributed by atoms with Crippen LogP contribution in [0.15, 0.2) is 51.7 Å². The number of rotatable bonds is 6. The zero-order valence-corrected chi connectivity index (χ0v) is 13.6. The molecule has 3 rings (SSSR count). The van der Waals surface area contributed by atoms with Gasteiger partial charge in [-0.25, -0.2) is 4.79 Å². The SMILES string of the molecule is Cc1ccc(CCC(=O)NCCc2ccc3oc(=O)[nH]c3c2)cc1. The van der Waals surface area contributed by atoms with E-state index in [4.69, 9.17) is 4.42 Å². The van der Waals surface area contributed by atoms with Gasteiger partial charge in [0, 0.05) is 13.0 Å². The van der Waals surface area contributed by atoms with Gasteiger partial charge in [-0.3, -0.25) is 9.78 Å². The number of fused-ring (bicyclic) bond motifs is 1. The monoisotopic (exact) mass is 324 g/mol. The molecule has 0 aliphatic heterocycles. The number of carbonyl (C=O) groups excluding carboxylic acids is 1. The molecule has 24 heavy (non-hydrogen) atoms. The fourth-order valence-electron chi connectivity index (χ4n) is 2.60. The molecule has 0 aliphatic carbocycles. The van der Waals surface area contributed by atoms with E-state index in [2.05, 4.69) is 34.6 Å². The summed E-state index contributed by atoms with van der Waals surface area (Å²) < 4.78 is 4.97. The first-order valence-corrected chi connectivity index (χ1v) is 8.04. The molecule has 0 unspecified atom stereocenters. The summed E-state index contributed by atoms with van der Waals surface area (Å²) in [6, 6.07) is 13.8. The number of nitrogens with one attached hydrogen (secondary N) is 2. The van der Waals surface area contributed by atoms with E-state index in [1.807, 2.05) is 19.1 Å². The van der Waals surface area contributed by atoms with Crippen LogP contribution in [0.2, 0.25) is 0 Å². The van der Waals surface area contributed by atoms with E-state index in [9.17, 15) is 9.59 Å². The molecule has 3 aromatic rings. The van der Waals surface area contributed by atoms with Gasteiger partial charge in [0.1, 0.15) is 0 Å². The van der Waals surface area contributed by atoms with Crippen molar-refractivity contribution in [3.05, 3.63) is 69.7 Å². The van der Waals surface area contributed by atoms with Gasteiger partial charge in [0.2, 0.25) is 5.91 Å². The van der Waals surface area contributed by atoms with Gasteiger partial charge in [0.15, 0.2) is 5.58 Å². The summed E-state index contributed by atoms with van der Waals surface area (Å²) in [6.45, 7) is 2.62. The number of aromatic amines is 1. The van der Waals surface area contributed by atoms with Gasteiger partial charge in [-0.1, -0.05) is 35.9 Å². The third kappa shape index (κ3) is 4.13. The number of carbonyl (C=O) groups is 1. The van der Waals surface area contributed by atoms with Gasteiger partial charge in [0.05, 0.1) is 5.52 Å². The van der Waals surface area contributed by atoms with Crippen molar-refractivity contribution in [2.24, 2.45) is 0 Å². The predicted molar refractivity (Wildman–Crippen MR) is 93.0 cm³/mol. The van der Waals surface area contributed by atoms with Gasteiger partial charge in [-0.2, -0.15) is 0 Å². The average Bonchev–Trinajstić information content (AvgIpc) is 2.93. The standard InChI is InChI=1S/C19H20N2O3/c1-13-2-4-14(5-3-13)7-9-18(22)20-11-10-15-6-8-17-16(12-15)21-19(23)24-17/h2-6,8,12H,7,9-11H2,1H3,(H,20,22)(H,21,23). The van der Waals surface area contributed by atoms with Crippen LogP contribution in [-0.2, 0) is 17.6 Å². The molecule has 0 bridgehead atoms. The van der Waals surface area contributed by atoms with Gasteiger partial charge in [-0.15, -0.1) is 0 Å². The van der Waals surface area contributed by atoms with Crippen LogP contribution in [0, 0.1) is 6.92 Å². The number of benzene rings is 2. The molecule has 5 heteroatoms. The second-order valence-corrected chi connectivity index (χ2v) is 5.93. The van der Waals surface area contributed by atoms with Crippen molar-refractivity contribution in [2.45, 2.75) is 26.2 Å². The third-order valence-corrected chi connectivity index (χ3v) is 3.98. The minimum atomic E-state index is -0.452. The van der Waals surface area contributed by atoms with Crippen molar-refractivity contribution in [1.82, 2.24) is 10.3 Å². The minimum Gasteiger partial charge on any atom is -0.408 e. The maximum absolute atomic E-state index is 11.9. The number of hydrogen-bond acceptors (Lipinski definition) is 3. The zero-order valence-electron chi connectivity index (χ0n) is 13.6. The Hall–Kier alpha value is -2.82. The molecule has 0 spiro atoms. The Morgan fingerprint density at radius 1 is 1.08 bits per heavy atom. The Balaban J connectivity index is 1.45. The maximum atomic E-state index is 11.9. The number of H-pyrrole nitrogens is 1. The summed E-state index contributed by atoms with van der Waals surface area (Å²) in [5, 5.41) is 2.93. The molecule has 0 radical (unpaired) electrons. The molecule has 0 saturated carbocycles. The molecule has 124 valence electrons. The summed E-state index contributed by atoms with van der Waals surface area (Å²) in [4.78, 5) is 25.7. The summed E-state index contributed by atoms with van der Waals surface area (Å²) in [5.74, 6) is -0.403. The van der Waals surface area contributed by atoms with Crippen LogP contribution >= 0.6 is 0 Å². The summed E-state index contributed by atoms with van der Waals surface area (Å²) in [5.41, 5.74) is 4.66. The number of amides is 1. The highest BCUT2D eigenvalue weighted by molar-refractivity contribution is 5.76. The van der Waals surface area contributed by atoms with Crippen LogP contribution < -0.4 is 11.1 Å². The van der Waals surface area contributed by atoms with Crippen molar-refractivity contribution >= 4 is 17.0 Å². The van der Waals surface area contributed by atoms with E-state index in [-0.39, 0.29) is 5.91 Å². The molecule has 0 fully saturated rings. The lowest BCUT2D eigenvalue weighted by Gasteiger charge is -2.06. The third-order valence-electron chi connectivity index (χ3n) is 3.98. The smallest absolute Gasteiger partial charge is 0.408 e. The first-order valence-electron chi connectivity index (χ1n) is 8.04. The molecular formula is C19H20N2O3. The van der Waals surface area contributed by atoms with Crippen LogP contribution in [0.25, 0.3) is 11.1 Å². The Labute approximate surface area is 139 Å². The number of aromatic nitrogens is 1. The van der Waals surface area contributed by atoms with Crippen LogP contribution in [0.1, 0.15) is 23.1 Å². The molecule has 1 amide bonds. The Bertz CT molecular complexity index is 891.